The summed E-state index contributed by atoms with van der Waals surface area (Å²) < 4.78 is 0. The molecule has 0 aromatic carbocycles. The smallest absolute Gasteiger partial charge is 0.326 e. The Balaban J connectivity index is 3.43. The van der Waals surface area contributed by atoms with E-state index in [1.165, 1.54) is 4.90 Å². The van der Waals surface area contributed by atoms with Gasteiger partial charge in [0.1, 0.15) is 36.3 Å². The molecule has 1 rings (SSSR count). The molecule has 22 N–H and O–H groups in total. The van der Waals surface area contributed by atoms with Crippen LogP contribution in [0.2, 0.25) is 0 Å². The molecular formula is C41H79N17O8. The van der Waals surface area contributed by atoms with Crippen LogP contribution in [0.4, 0.5) is 0 Å². The lowest BCUT2D eigenvalue weighted by atomic mass is 9.96. The number of likely N-dealkylation sites (tertiary alicyclic amines) is 1. The van der Waals surface area contributed by atoms with E-state index in [-0.39, 0.29) is 101 Å². The number of unbranched alkanes of at least 4 members (excludes halogenated alkanes) is 1. The fraction of sp³-hybridized carbons (Fsp3) is 0.756. The van der Waals surface area contributed by atoms with Crippen molar-refractivity contribution >= 4 is 59.3 Å². The van der Waals surface area contributed by atoms with Crippen molar-refractivity contribution in [3.8, 4) is 0 Å². The van der Waals surface area contributed by atoms with Gasteiger partial charge in [-0.2, -0.15) is 0 Å². The Morgan fingerprint density at radius 3 is 1.64 bits per heavy atom. The minimum absolute atomic E-state index is 0.0362. The summed E-state index contributed by atoms with van der Waals surface area (Å²) in [6, 6.07) is -7.92. The summed E-state index contributed by atoms with van der Waals surface area (Å²) in [5.41, 5.74) is 44.5. The molecule has 0 aromatic rings. The van der Waals surface area contributed by atoms with Crippen LogP contribution in [0.5, 0.6) is 0 Å². The lowest BCUT2D eigenvalue weighted by Crippen LogP contribution is -2.60. The molecule has 0 aliphatic carbocycles. The van der Waals surface area contributed by atoms with Gasteiger partial charge in [0.2, 0.25) is 35.4 Å². The van der Waals surface area contributed by atoms with Gasteiger partial charge in [0, 0.05) is 26.2 Å². The highest BCUT2D eigenvalue weighted by molar-refractivity contribution is 5.97. The van der Waals surface area contributed by atoms with Gasteiger partial charge >= 0.3 is 5.97 Å². The Morgan fingerprint density at radius 2 is 1.12 bits per heavy atom. The first-order valence-corrected chi connectivity index (χ1v) is 22.8. The van der Waals surface area contributed by atoms with Crippen LogP contribution in [0.1, 0.15) is 111 Å². The first-order chi connectivity index (χ1) is 31.1. The summed E-state index contributed by atoms with van der Waals surface area (Å²) in [6.07, 6.45) is 3.65. The molecule has 8 atom stereocenters. The minimum atomic E-state index is -1.22. The zero-order valence-electron chi connectivity index (χ0n) is 39.1. The van der Waals surface area contributed by atoms with E-state index >= 15 is 0 Å². The number of hydrogen-bond donors (Lipinski definition) is 14. The second kappa shape index (κ2) is 31.0. The molecule has 0 saturated carbocycles. The number of aliphatic carboxylic acids is 1. The highest BCUT2D eigenvalue weighted by Gasteiger charge is 2.40. The highest BCUT2D eigenvalue weighted by atomic mass is 16.4. The first kappa shape index (κ1) is 58.0. The van der Waals surface area contributed by atoms with Gasteiger partial charge in [-0.15, -0.1) is 0 Å². The fourth-order valence-electron chi connectivity index (χ4n) is 7.18. The zero-order chi connectivity index (χ0) is 49.9. The van der Waals surface area contributed by atoms with Gasteiger partial charge in [-0.05, 0) is 95.4 Å². The van der Waals surface area contributed by atoms with E-state index in [0.29, 0.717) is 38.6 Å². The summed E-state index contributed by atoms with van der Waals surface area (Å²) in [5.74, 6) is -6.07. The van der Waals surface area contributed by atoms with Gasteiger partial charge in [-0.1, -0.05) is 34.1 Å². The molecule has 0 aromatic heterocycles. The number of carbonyl (C=O) groups is 7. The molecule has 1 saturated heterocycles. The van der Waals surface area contributed by atoms with E-state index in [4.69, 9.17) is 45.9 Å². The second-order valence-electron chi connectivity index (χ2n) is 17.0. The van der Waals surface area contributed by atoms with Gasteiger partial charge in [0.05, 0.1) is 6.04 Å². The molecule has 6 amide bonds. The van der Waals surface area contributed by atoms with Crippen molar-refractivity contribution < 1.29 is 38.7 Å². The zero-order valence-corrected chi connectivity index (χ0v) is 39.1. The number of carboxylic acid groups (broad SMARTS) is 1. The van der Waals surface area contributed by atoms with Crippen LogP contribution >= 0.6 is 0 Å². The van der Waals surface area contributed by atoms with Gasteiger partial charge < -0.3 is 82.5 Å². The van der Waals surface area contributed by atoms with Crippen molar-refractivity contribution in [1.29, 1.82) is 0 Å². The molecule has 0 unspecified atom stereocenters. The van der Waals surface area contributed by atoms with E-state index in [9.17, 15) is 38.7 Å². The Morgan fingerprint density at radius 1 is 0.636 bits per heavy atom. The molecule has 25 heteroatoms. The maximum Gasteiger partial charge on any atom is 0.326 e. The molecule has 0 bridgehead atoms. The summed E-state index contributed by atoms with van der Waals surface area (Å²) in [5, 5.41) is 23.3. The van der Waals surface area contributed by atoms with Crippen LogP contribution in [0, 0.1) is 11.8 Å². The molecule has 25 nitrogen and oxygen atoms in total. The molecule has 376 valence electrons. The molecule has 1 aliphatic heterocycles. The number of nitrogens with zero attached hydrogens (tertiary/aromatic N) is 4. The monoisotopic (exact) mass is 938 g/mol. The maximum atomic E-state index is 14.5. The molecule has 1 aliphatic rings. The molecule has 66 heavy (non-hydrogen) atoms. The normalized spacial score (nSPS) is 16.5. The van der Waals surface area contributed by atoms with Crippen LogP contribution in [0.3, 0.4) is 0 Å². The summed E-state index contributed by atoms with van der Waals surface area (Å²) >= 11 is 0. The summed E-state index contributed by atoms with van der Waals surface area (Å²) in [4.78, 5) is 108. The number of guanidine groups is 3. The van der Waals surface area contributed by atoms with Crippen molar-refractivity contribution in [2.75, 3.05) is 32.7 Å². The largest absolute Gasteiger partial charge is 0.480 e. The summed E-state index contributed by atoms with van der Waals surface area (Å²) in [6.45, 7) is 8.19. The number of amides is 6. The second-order valence-corrected chi connectivity index (χ2v) is 17.0. The van der Waals surface area contributed by atoms with E-state index in [1.54, 1.807) is 6.92 Å². The first-order valence-electron chi connectivity index (χ1n) is 22.8. The quantitative estimate of drug-likeness (QED) is 0.0175. The fourth-order valence-corrected chi connectivity index (χ4v) is 7.18. The third-order valence-electron chi connectivity index (χ3n) is 11.0. The van der Waals surface area contributed by atoms with E-state index in [1.807, 2.05) is 20.8 Å². The molecule has 1 fully saturated rings. The van der Waals surface area contributed by atoms with Gasteiger partial charge in [-0.25, -0.2) is 4.79 Å². The molecular weight excluding hydrogens is 859 g/mol. The molecule has 1 heterocycles. The molecule has 0 radical (unpaired) electrons. The number of nitrogens with one attached hydrogen (secondary N) is 5. The van der Waals surface area contributed by atoms with E-state index in [0.717, 1.165) is 0 Å². The molecule has 0 spiro atoms. The average molecular weight is 938 g/mol. The van der Waals surface area contributed by atoms with Gasteiger partial charge in [0.25, 0.3) is 0 Å². The van der Waals surface area contributed by atoms with E-state index < -0.39 is 89.6 Å². The number of carboxylic acids is 1. The van der Waals surface area contributed by atoms with Crippen LogP contribution in [0.15, 0.2) is 15.0 Å². The van der Waals surface area contributed by atoms with Crippen molar-refractivity contribution in [3.05, 3.63) is 0 Å². The third-order valence-corrected chi connectivity index (χ3v) is 11.0. The Kier molecular flexibility index (Phi) is 27.3. The third kappa shape index (κ3) is 22.3. The highest BCUT2D eigenvalue weighted by Crippen LogP contribution is 2.21. The Hall–Kier alpha value is -5.98. The topological polar surface area (TPSA) is 448 Å². The number of aliphatic imine (C=N–C) groups is 3. The maximum absolute atomic E-state index is 14.5. The predicted octanol–water partition coefficient (Wildman–Crippen LogP) is -3.80. The number of rotatable bonds is 32. The van der Waals surface area contributed by atoms with Crippen molar-refractivity contribution in [2.24, 2.45) is 72.7 Å². The lowest BCUT2D eigenvalue weighted by molar-refractivity contribution is -0.144. The van der Waals surface area contributed by atoms with Gasteiger partial charge in [0.15, 0.2) is 17.9 Å². The minimum Gasteiger partial charge on any atom is -0.480 e. The average Bonchev–Trinajstić information content (AvgIpc) is 3.75. The van der Waals surface area contributed by atoms with Crippen LogP contribution in [-0.2, 0) is 33.6 Å². The van der Waals surface area contributed by atoms with Crippen molar-refractivity contribution in [3.63, 3.8) is 0 Å². The number of hydrogen-bond acceptors (Lipinski definition) is 12. The van der Waals surface area contributed by atoms with Crippen molar-refractivity contribution in [2.45, 2.75) is 153 Å². The van der Waals surface area contributed by atoms with Crippen LogP contribution < -0.4 is 72.5 Å². The predicted molar refractivity (Wildman–Crippen MR) is 252 cm³/mol. The Bertz CT molecular complexity index is 1670. The summed E-state index contributed by atoms with van der Waals surface area (Å²) in [7, 11) is 0. The number of nitrogens with two attached hydrogens (primary N) is 8. The number of carbonyl (C=O) groups excluding carboxylic acids is 6. The van der Waals surface area contributed by atoms with E-state index in [2.05, 4.69) is 41.6 Å². The standard InChI is InChI=1S/C41H79N17O8/c1-5-24(4)31(57-34(61)27(14-9-19-51-40(46)47)53-32(59)25(43)12-8-18-50-39(44)45)36(63)55-28(15-10-20-52-41(48)49)37(64)58-21-11-16-30(58)35(62)54-26(13-6-7-17-42)33(60)56-29(38(65)66)22-23(2)3/h23-31H,5-22,42-43H2,1-4H3,(H,53,59)(H,54,62)(H,55,63)(H,56,60)(H,57,61)(H,65,66)(H4,44,45,50)(H4,46,47,51)(H4,48,49,52)/t24-,25-,26-,27-,28-,29-,30-,31-/m0/s1. The van der Waals surface area contributed by atoms with Crippen LogP contribution in [-0.4, -0.2) is 144 Å². The van der Waals surface area contributed by atoms with Crippen LogP contribution in [0.25, 0.3) is 0 Å². The Labute approximate surface area is 387 Å². The lowest BCUT2D eigenvalue weighted by Gasteiger charge is -2.32. The SMILES string of the molecule is CC[C@H](C)[C@H](NC(=O)[C@H](CCCN=C(N)N)NC(=O)[C@@H](N)CCCN=C(N)N)C(=O)N[C@@H](CCCN=C(N)N)C(=O)N1CCC[C@H]1C(=O)N[C@@H](CCCCN)C(=O)N[C@@H](CC(C)C)C(=O)O. The van der Waals surface area contributed by atoms with Crippen molar-refractivity contribution in [1.82, 2.24) is 31.5 Å². The van der Waals surface area contributed by atoms with Gasteiger partial charge in [-0.3, -0.25) is 43.7 Å².